The van der Waals surface area contributed by atoms with Crippen molar-refractivity contribution in [3.63, 3.8) is 0 Å². The third-order valence-corrected chi connectivity index (χ3v) is 4.09. The van der Waals surface area contributed by atoms with Gasteiger partial charge in [0.25, 0.3) is 0 Å². The largest absolute Gasteiger partial charge is 0.444 e. The number of rotatable bonds is 5. The van der Waals surface area contributed by atoms with Crippen molar-refractivity contribution in [3.05, 3.63) is 18.2 Å². The summed E-state index contributed by atoms with van der Waals surface area (Å²) >= 11 is 0. The Morgan fingerprint density at radius 3 is 2.87 bits per heavy atom. The molecule has 2 rings (SSSR count). The summed E-state index contributed by atoms with van der Waals surface area (Å²) in [6, 6.07) is 0.704. The molecule has 1 aromatic rings. The first-order valence-electron chi connectivity index (χ1n) is 8.51. The number of imidazole rings is 1. The second-order valence-corrected chi connectivity index (χ2v) is 7.47. The molecule has 1 fully saturated rings. The van der Waals surface area contributed by atoms with E-state index in [1.807, 2.05) is 31.9 Å². The molecule has 2 N–H and O–H groups in total. The van der Waals surface area contributed by atoms with E-state index in [1.165, 1.54) is 0 Å². The average Bonchev–Trinajstić information content (AvgIpc) is 3.06. The average molecular weight is 322 g/mol. The predicted octanol–water partition coefficient (Wildman–Crippen LogP) is 3.24. The minimum atomic E-state index is -0.443. The van der Waals surface area contributed by atoms with Gasteiger partial charge in [0.1, 0.15) is 11.4 Å². The molecule has 6 heteroatoms. The monoisotopic (exact) mass is 322 g/mol. The van der Waals surface area contributed by atoms with Gasteiger partial charge >= 0.3 is 6.09 Å². The van der Waals surface area contributed by atoms with Crippen molar-refractivity contribution in [1.82, 2.24) is 20.2 Å². The van der Waals surface area contributed by atoms with Crippen LogP contribution in [0.3, 0.4) is 0 Å². The fourth-order valence-corrected chi connectivity index (χ4v) is 3.14. The Morgan fingerprint density at radius 1 is 1.52 bits per heavy atom. The molecule has 0 aliphatic carbocycles. The first-order valence-corrected chi connectivity index (χ1v) is 8.51. The molecule has 23 heavy (non-hydrogen) atoms. The Labute approximate surface area is 139 Å². The van der Waals surface area contributed by atoms with Gasteiger partial charge in [0.05, 0.1) is 6.04 Å². The first kappa shape index (κ1) is 17.8. The maximum Gasteiger partial charge on any atom is 0.410 e. The molecular weight excluding hydrogens is 292 g/mol. The highest BCUT2D eigenvalue weighted by molar-refractivity contribution is 5.68. The van der Waals surface area contributed by atoms with Crippen LogP contribution < -0.4 is 5.32 Å². The highest BCUT2D eigenvalue weighted by atomic mass is 16.6. The highest BCUT2D eigenvalue weighted by Crippen LogP contribution is 2.24. The van der Waals surface area contributed by atoms with Gasteiger partial charge in [-0.05, 0) is 53.9 Å². The Balaban J connectivity index is 1.86. The minimum Gasteiger partial charge on any atom is -0.444 e. The number of carbonyl (C=O) groups is 1. The van der Waals surface area contributed by atoms with Crippen molar-refractivity contribution in [2.75, 3.05) is 6.54 Å². The number of H-pyrrole nitrogens is 1. The van der Waals surface area contributed by atoms with Crippen molar-refractivity contribution in [2.24, 2.45) is 0 Å². The minimum absolute atomic E-state index is 0.163. The Kier molecular flexibility index (Phi) is 5.68. The maximum absolute atomic E-state index is 12.3. The second kappa shape index (κ2) is 7.34. The van der Waals surface area contributed by atoms with E-state index in [0.717, 1.165) is 31.6 Å². The molecule has 0 saturated carbocycles. The van der Waals surface area contributed by atoms with E-state index in [9.17, 15) is 4.79 Å². The van der Waals surface area contributed by atoms with Crippen molar-refractivity contribution >= 4 is 6.09 Å². The zero-order valence-electron chi connectivity index (χ0n) is 14.9. The lowest BCUT2D eigenvalue weighted by Crippen LogP contribution is -2.43. The summed E-state index contributed by atoms with van der Waals surface area (Å²) in [4.78, 5) is 21.6. The van der Waals surface area contributed by atoms with Crippen LogP contribution in [0.25, 0.3) is 0 Å². The number of likely N-dealkylation sites (tertiary alicyclic amines) is 1. The first-order chi connectivity index (χ1) is 10.8. The number of carbonyl (C=O) groups excluding carboxylic acids is 1. The number of aromatic amines is 1. The third-order valence-electron chi connectivity index (χ3n) is 4.09. The summed E-state index contributed by atoms with van der Waals surface area (Å²) in [5.74, 6) is 0.937. The van der Waals surface area contributed by atoms with Gasteiger partial charge < -0.3 is 19.9 Å². The molecule has 0 spiro atoms. The van der Waals surface area contributed by atoms with E-state index >= 15 is 0 Å². The zero-order chi connectivity index (χ0) is 17.0. The number of nitrogens with one attached hydrogen (secondary N) is 2. The van der Waals surface area contributed by atoms with E-state index in [1.54, 1.807) is 6.20 Å². The van der Waals surface area contributed by atoms with Crippen molar-refractivity contribution in [2.45, 2.75) is 77.6 Å². The standard InChI is InChI=1S/C17H30N4O2/c1-12(20-13(2)15-18-8-9-19-15)11-14-7-6-10-21(14)16(22)23-17(3,4)5/h8-9,12-14,20H,6-7,10-11H2,1-5H3,(H,18,19). The molecule has 3 unspecified atom stereocenters. The van der Waals surface area contributed by atoms with E-state index in [-0.39, 0.29) is 18.2 Å². The zero-order valence-corrected chi connectivity index (χ0v) is 14.9. The molecule has 1 aliphatic rings. The van der Waals surface area contributed by atoms with Gasteiger partial charge in [-0.2, -0.15) is 0 Å². The number of hydrogen-bond acceptors (Lipinski definition) is 4. The lowest BCUT2D eigenvalue weighted by Gasteiger charge is -2.30. The van der Waals surface area contributed by atoms with Crippen molar-refractivity contribution < 1.29 is 9.53 Å². The van der Waals surface area contributed by atoms with Gasteiger partial charge in [-0.15, -0.1) is 0 Å². The molecule has 3 atom stereocenters. The molecule has 0 aromatic carbocycles. The molecule has 6 nitrogen and oxygen atoms in total. The SMILES string of the molecule is CC(CC1CCCN1C(=O)OC(C)(C)C)NC(C)c1ncc[nH]1. The van der Waals surface area contributed by atoms with Crippen LogP contribution in [0.1, 0.15) is 65.7 Å². The summed E-state index contributed by atoms with van der Waals surface area (Å²) in [7, 11) is 0. The van der Waals surface area contributed by atoms with Gasteiger partial charge in [-0.3, -0.25) is 0 Å². The lowest BCUT2D eigenvalue weighted by molar-refractivity contribution is 0.0214. The molecule has 1 aliphatic heterocycles. The van der Waals surface area contributed by atoms with Crippen LogP contribution in [-0.2, 0) is 4.74 Å². The number of aromatic nitrogens is 2. The molecule has 1 saturated heterocycles. The van der Waals surface area contributed by atoms with Crippen LogP contribution in [0.5, 0.6) is 0 Å². The van der Waals surface area contributed by atoms with Crippen LogP contribution >= 0.6 is 0 Å². The highest BCUT2D eigenvalue weighted by Gasteiger charge is 2.33. The summed E-state index contributed by atoms with van der Waals surface area (Å²) in [6.07, 6.45) is 6.42. The third kappa shape index (κ3) is 5.23. The van der Waals surface area contributed by atoms with E-state index in [0.29, 0.717) is 6.04 Å². The number of hydrogen-bond donors (Lipinski definition) is 2. The summed E-state index contributed by atoms with van der Waals surface area (Å²) < 4.78 is 5.53. The lowest BCUT2D eigenvalue weighted by atomic mass is 10.1. The van der Waals surface area contributed by atoms with Crippen molar-refractivity contribution in [1.29, 1.82) is 0 Å². The Morgan fingerprint density at radius 2 is 2.26 bits per heavy atom. The topological polar surface area (TPSA) is 70.2 Å². The van der Waals surface area contributed by atoms with E-state index < -0.39 is 5.60 Å². The molecule has 130 valence electrons. The van der Waals surface area contributed by atoms with Crippen LogP contribution in [0.15, 0.2) is 12.4 Å². The summed E-state index contributed by atoms with van der Waals surface area (Å²) in [5, 5.41) is 3.54. The smallest absolute Gasteiger partial charge is 0.410 e. The fourth-order valence-electron chi connectivity index (χ4n) is 3.14. The Bertz CT molecular complexity index is 495. The number of nitrogens with zero attached hydrogens (tertiary/aromatic N) is 2. The fraction of sp³-hybridized carbons (Fsp3) is 0.765. The molecule has 0 radical (unpaired) electrons. The summed E-state index contributed by atoms with van der Waals surface area (Å²) in [5.41, 5.74) is -0.443. The van der Waals surface area contributed by atoms with Gasteiger partial charge in [0, 0.05) is 31.0 Å². The molecule has 0 bridgehead atoms. The van der Waals surface area contributed by atoms with Crippen LogP contribution in [0, 0.1) is 0 Å². The normalized spacial score (nSPS) is 21.3. The van der Waals surface area contributed by atoms with E-state index in [2.05, 4.69) is 29.1 Å². The van der Waals surface area contributed by atoms with Gasteiger partial charge in [-0.1, -0.05) is 0 Å². The second-order valence-electron chi connectivity index (χ2n) is 7.47. The van der Waals surface area contributed by atoms with Gasteiger partial charge in [-0.25, -0.2) is 9.78 Å². The predicted molar refractivity (Wildman–Crippen MR) is 90.2 cm³/mol. The van der Waals surface area contributed by atoms with Crippen LogP contribution in [-0.4, -0.2) is 45.2 Å². The summed E-state index contributed by atoms with van der Waals surface area (Å²) in [6.45, 7) is 10.8. The van der Waals surface area contributed by atoms with E-state index in [4.69, 9.17) is 4.74 Å². The molecule has 2 heterocycles. The van der Waals surface area contributed by atoms with Gasteiger partial charge in [0.2, 0.25) is 0 Å². The molecular formula is C17H30N4O2. The number of ether oxygens (including phenoxy) is 1. The number of amides is 1. The van der Waals surface area contributed by atoms with Crippen LogP contribution in [0.2, 0.25) is 0 Å². The Hall–Kier alpha value is -1.56. The van der Waals surface area contributed by atoms with Crippen molar-refractivity contribution in [3.8, 4) is 0 Å². The molecule has 1 amide bonds. The molecule has 1 aromatic heterocycles. The van der Waals surface area contributed by atoms with Gasteiger partial charge in [0.15, 0.2) is 0 Å². The quantitative estimate of drug-likeness (QED) is 0.873. The van der Waals surface area contributed by atoms with Crippen LogP contribution in [0.4, 0.5) is 4.79 Å². The maximum atomic E-state index is 12.3.